The number of benzene rings is 2. The van der Waals surface area contributed by atoms with E-state index in [4.69, 9.17) is 4.98 Å². The van der Waals surface area contributed by atoms with Gasteiger partial charge in [0.05, 0.1) is 10.2 Å². The predicted octanol–water partition coefficient (Wildman–Crippen LogP) is 4.85. The second-order valence-electron chi connectivity index (χ2n) is 7.05. The number of aromatic nitrogens is 1. The third-order valence-electron chi connectivity index (χ3n) is 4.35. The summed E-state index contributed by atoms with van der Waals surface area (Å²) >= 11 is 1.59. The van der Waals surface area contributed by atoms with Crippen molar-refractivity contribution in [3.63, 3.8) is 0 Å². The van der Waals surface area contributed by atoms with E-state index in [-0.39, 0.29) is 18.3 Å². The molecule has 1 heterocycles. The molecule has 0 bridgehead atoms. The molecule has 0 N–H and O–H groups in total. The highest BCUT2D eigenvalue weighted by Crippen LogP contribution is 2.32. The van der Waals surface area contributed by atoms with E-state index in [1.165, 1.54) is 11.1 Å². The Hall–Kier alpha value is -1.95. The first-order valence-electron chi connectivity index (χ1n) is 8.76. The van der Waals surface area contributed by atoms with Crippen LogP contribution in [0.4, 0.5) is 5.13 Å². The molecule has 3 rings (SSSR count). The van der Waals surface area contributed by atoms with Crippen LogP contribution in [-0.4, -0.2) is 43.0 Å². The van der Waals surface area contributed by atoms with Crippen LogP contribution in [0, 0.1) is 20.8 Å². The number of thiazole rings is 1. The number of aryl methyl sites for hydroxylation is 3. The highest BCUT2D eigenvalue weighted by Gasteiger charge is 2.21. The average molecular weight is 404 g/mol. The first-order chi connectivity index (χ1) is 12.3. The first kappa shape index (κ1) is 21.4. The van der Waals surface area contributed by atoms with Gasteiger partial charge in [-0.3, -0.25) is 9.69 Å². The molecule has 2 aromatic carbocycles. The van der Waals surface area contributed by atoms with Gasteiger partial charge in [0, 0.05) is 18.7 Å². The highest BCUT2D eigenvalue weighted by molar-refractivity contribution is 7.22. The molecule has 0 saturated carbocycles. The zero-order chi connectivity index (χ0) is 18.8. The summed E-state index contributed by atoms with van der Waals surface area (Å²) in [7, 11) is 4.03. The van der Waals surface area contributed by atoms with Crippen molar-refractivity contribution in [2.75, 3.05) is 32.1 Å². The fraction of sp³-hybridized carbons (Fsp3) is 0.333. The van der Waals surface area contributed by atoms with Gasteiger partial charge in [0.25, 0.3) is 5.91 Å². The van der Waals surface area contributed by atoms with Crippen molar-refractivity contribution < 1.29 is 4.79 Å². The highest BCUT2D eigenvalue weighted by atomic mass is 35.5. The number of hydrogen-bond acceptors (Lipinski definition) is 4. The lowest BCUT2D eigenvalue weighted by Gasteiger charge is -2.22. The molecule has 144 valence electrons. The molecular weight excluding hydrogens is 378 g/mol. The Labute approximate surface area is 171 Å². The second-order valence-corrected chi connectivity index (χ2v) is 8.03. The minimum Gasteiger partial charge on any atom is -0.308 e. The van der Waals surface area contributed by atoms with Crippen molar-refractivity contribution >= 4 is 45.0 Å². The predicted molar refractivity (Wildman–Crippen MR) is 118 cm³/mol. The third kappa shape index (κ3) is 4.86. The van der Waals surface area contributed by atoms with Crippen molar-refractivity contribution in [2.45, 2.75) is 20.8 Å². The Bertz CT molecular complexity index is 934. The molecule has 0 spiro atoms. The summed E-state index contributed by atoms with van der Waals surface area (Å²) in [6, 6.07) is 12.0. The van der Waals surface area contributed by atoms with Crippen LogP contribution in [0.2, 0.25) is 0 Å². The Kier molecular flexibility index (Phi) is 6.98. The summed E-state index contributed by atoms with van der Waals surface area (Å²) in [6.07, 6.45) is 0. The number of nitrogens with zero attached hydrogens (tertiary/aromatic N) is 3. The zero-order valence-electron chi connectivity index (χ0n) is 16.4. The molecule has 0 atom stereocenters. The Morgan fingerprint density at radius 3 is 2.30 bits per heavy atom. The van der Waals surface area contributed by atoms with Crippen molar-refractivity contribution in [3.05, 3.63) is 58.7 Å². The summed E-state index contributed by atoms with van der Waals surface area (Å²) in [5, 5.41) is 0.765. The van der Waals surface area contributed by atoms with Gasteiger partial charge in [-0.25, -0.2) is 4.98 Å². The molecule has 1 aromatic heterocycles. The van der Waals surface area contributed by atoms with Gasteiger partial charge in [0.2, 0.25) is 0 Å². The van der Waals surface area contributed by atoms with Gasteiger partial charge in [0.15, 0.2) is 5.13 Å². The Morgan fingerprint density at radius 1 is 1.00 bits per heavy atom. The van der Waals surface area contributed by atoms with E-state index in [9.17, 15) is 4.79 Å². The van der Waals surface area contributed by atoms with E-state index < -0.39 is 0 Å². The van der Waals surface area contributed by atoms with Crippen LogP contribution in [0.15, 0.2) is 36.4 Å². The molecule has 1 amide bonds. The van der Waals surface area contributed by atoms with Gasteiger partial charge >= 0.3 is 0 Å². The van der Waals surface area contributed by atoms with Crippen LogP contribution in [-0.2, 0) is 0 Å². The topological polar surface area (TPSA) is 36.4 Å². The average Bonchev–Trinajstić information content (AvgIpc) is 2.99. The van der Waals surface area contributed by atoms with E-state index in [0.717, 1.165) is 27.5 Å². The Morgan fingerprint density at radius 2 is 1.67 bits per heavy atom. The van der Waals surface area contributed by atoms with Crippen LogP contribution in [0.25, 0.3) is 10.2 Å². The van der Waals surface area contributed by atoms with Crippen LogP contribution >= 0.6 is 23.7 Å². The lowest BCUT2D eigenvalue weighted by molar-refractivity contribution is 0.0985. The summed E-state index contributed by atoms with van der Waals surface area (Å²) < 4.78 is 1.15. The number of anilines is 1. The number of carbonyl (C=O) groups is 1. The fourth-order valence-electron chi connectivity index (χ4n) is 2.92. The van der Waals surface area contributed by atoms with E-state index in [0.29, 0.717) is 12.1 Å². The van der Waals surface area contributed by atoms with Crippen molar-refractivity contribution in [3.8, 4) is 0 Å². The minimum absolute atomic E-state index is 0. The van der Waals surface area contributed by atoms with E-state index in [1.54, 1.807) is 11.3 Å². The zero-order valence-corrected chi connectivity index (χ0v) is 18.1. The molecule has 0 saturated heterocycles. The Balaban J connectivity index is 0.00000261. The lowest BCUT2D eigenvalue weighted by Crippen LogP contribution is -2.36. The monoisotopic (exact) mass is 403 g/mol. The van der Waals surface area contributed by atoms with E-state index in [1.807, 2.05) is 50.2 Å². The van der Waals surface area contributed by atoms with Gasteiger partial charge in [-0.1, -0.05) is 35.1 Å². The second kappa shape index (κ2) is 8.83. The normalized spacial score (nSPS) is 10.9. The molecular formula is C21H26ClN3OS. The van der Waals surface area contributed by atoms with Gasteiger partial charge in [-0.05, 0) is 64.2 Å². The fourth-order valence-corrected chi connectivity index (χ4v) is 3.96. The standard InChI is InChI=1S/C21H25N3OS.ClH/c1-14-6-8-17(9-7-14)20(25)24(11-10-23(4)5)21-22-18-13-15(2)12-16(3)19(18)26-21;/h6-9,12-13H,10-11H2,1-5H3;1H. The summed E-state index contributed by atoms with van der Waals surface area (Å²) in [4.78, 5) is 21.8. The van der Waals surface area contributed by atoms with Gasteiger partial charge in [0.1, 0.15) is 0 Å². The molecule has 6 heteroatoms. The van der Waals surface area contributed by atoms with Gasteiger partial charge in [-0.15, -0.1) is 12.4 Å². The minimum atomic E-state index is 0. The maximum atomic E-state index is 13.2. The number of amides is 1. The molecule has 0 unspecified atom stereocenters. The smallest absolute Gasteiger partial charge is 0.260 e. The van der Waals surface area contributed by atoms with Crippen LogP contribution in [0.3, 0.4) is 0 Å². The lowest BCUT2D eigenvalue weighted by atomic mass is 10.1. The van der Waals surface area contributed by atoms with Crippen molar-refractivity contribution in [1.82, 2.24) is 9.88 Å². The molecule has 0 radical (unpaired) electrons. The van der Waals surface area contributed by atoms with E-state index in [2.05, 4.69) is 30.9 Å². The quantitative estimate of drug-likeness (QED) is 0.610. The van der Waals surface area contributed by atoms with Crippen LogP contribution in [0.1, 0.15) is 27.0 Å². The SMILES string of the molecule is Cc1ccc(C(=O)N(CCN(C)C)c2nc3cc(C)cc(C)c3s2)cc1.Cl. The maximum Gasteiger partial charge on any atom is 0.260 e. The number of fused-ring (bicyclic) bond motifs is 1. The molecule has 3 aromatic rings. The molecule has 0 fully saturated rings. The number of likely N-dealkylation sites (N-methyl/N-ethyl adjacent to an activating group) is 1. The van der Waals surface area contributed by atoms with Crippen molar-refractivity contribution in [1.29, 1.82) is 0 Å². The largest absolute Gasteiger partial charge is 0.308 e. The van der Waals surface area contributed by atoms with Gasteiger partial charge in [-0.2, -0.15) is 0 Å². The maximum absolute atomic E-state index is 13.2. The number of halogens is 1. The molecule has 27 heavy (non-hydrogen) atoms. The number of rotatable bonds is 5. The molecule has 0 aliphatic rings. The van der Waals surface area contributed by atoms with Crippen LogP contribution < -0.4 is 4.90 Å². The number of carbonyl (C=O) groups excluding carboxylic acids is 1. The van der Waals surface area contributed by atoms with Crippen molar-refractivity contribution in [2.24, 2.45) is 0 Å². The number of hydrogen-bond donors (Lipinski definition) is 0. The summed E-state index contributed by atoms with van der Waals surface area (Å²) in [6.45, 7) is 7.59. The summed E-state index contributed by atoms with van der Waals surface area (Å²) in [5.74, 6) is 0.000260. The van der Waals surface area contributed by atoms with E-state index >= 15 is 0 Å². The first-order valence-corrected chi connectivity index (χ1v) is 9.58. The third-order valence-corrected chi connectivity index (χ3v) is 5.58. The molecule has 0 aliphatic carbocycles. The summed E-state index contributed by atoms with van der Waals surface area (Å²) in [5.41, 5.74) is 5.21. The molecule has 0 aliphatic heterocycles. The van der Waals surface area contributed by atoms with Crippen LogP contribution in [0.5, 0.6) is 0 Å². The molecule has 4 nitrogen and oxygen atoms in total. The van der Waals surface area contributed by atoms with Gasteiger partial charge < -0.3 is 4.90 Å².